The molecular weight excluding hydrogens is 303 g/mol. The molecule has 2 heteroatoms. The molecule has 0 amide bonds. The lowest BCUT2D eigenvalue weighted by atomic mass is 10.4. The molecule has 0 aliphatic carbocycles. The molecule has 14 heavy (non-hydrogen) atoms. The molecule has 0 N–H and O–H groups in total. The molecule has 0 aliphatic rings. The minimum atomic E-state index is 1.28. The van der Waals surface area contributed by atoms with E-state index in [2.05, 4.69) is 71.1 Å². The fourth-order valence-corrected chi connectivity index (χ4v) is 2.32. The summed E-state index contributed by atoms with van der Waals surface area (Å²) in [4.78, 5) is 2.57. The minimum absolute atomic E-state index is 1.28. The van der Waals surface area contributed by atoms with Crippen molar-refractivity contribution in [3.8, 4) is 0 Å². The zero-order valence-corrected chi connectivity index (χ0v) is 10.5. The van der Waals surface area contributed by atoms with Crippen molar-refractivity contribution in [1.82, 2.24) is 0 Å². The van der Waals surface area contributed by atoms with E-state index in [1.807, 2.05) is 6.07 Å². The third-order valence-electron chi connectivity index (χ3n) is 1.79. The van der Waals surface area contributed by atoms with Crippen LogP contribution in [0.3, 0.4) is 0 Å². The van der Waals surface area contributed by atoms with Crippen molar-refractivity contribution in [2.75, 3.05) is 0 Å². The lowest BCUT2D eigenvalue weighted by Crippen LogP contribution is -1.73. The SMILES string of the molecule is Ic1ccc(Sc2ccccc2)cc1. The van der Waals surface area contributed by atoms with Crippen LogP contribution < -0.4 is 0 Å². The van der Waals surface area contributed by atoms with Crippen LogP contribution in [0.1, 0.15) is 0 Å². The van der Waals surface area contributed by atoms with E-state index in [4.69, 9.17) is 0 Å². The summed E-state index contributed by atoms with van der Waals surface area (Å²) in [7, 11) is 0. The summed E-state index contributed by atoms with van der Waals surface area (Å²) in [6.07, 6.45) is 0. The Balaban J connectivity index is 2.16. The molecule has 0 saturated heterocycles. The number of hydrogen-bond acceptors (Lipinski definition) is 1. The van der Waals surface area contributed by atoms with Crippen LogP contribution in [0.25, 0.3) is 0 Å². The molecule has 0 saturated carbocycles. The fourth-order valence-electron chi connectivity index (χ4n) is 1.13. The largest absolute Gasteiger partial charge is 0.0901 e. The van der Waals surface area contributed by atoms with Gasteiger partial charge in [-0.3, -0.25) is 0 Å². The molecule has 70 valence electrons. The molecule has 2 aromatic carbocycles. The second kappa shape index (κ2) is 4.84. The van der Waals surface area contributed by atoms with Crippen LogP contribution in [-0.2, 0) is 0 Å². The van der Waals surface area contributed by atoms with Gasteiger partial charge < -0.3 is 0 Å². The van der Waals surface area contributed by atoms with Crippen molar-refractivity contribution in [3.05, 3.63) is 58.2 Å². The van der Waals surface area contributed by atoms with Crippen molar-refractivity contribution in [3.63, 3.8) is 0 Å². The maximum atomic E-state index is 2.32. The maximum Gasteiger partial charge on any atom is 0.0131 e. The highest BCUT2D eigenvalue weighted by Crippen LogP contribution is 2.27. The fraction of sp³-hybridized carbons (Fsp3) is 0. The quantitative estimate of drug-likeness (QED) is 0.739. The molecule has 0 aliphatic heterocycles. The predicted octanol–water partition coefficient (Wildman–Crippen LogP) is 4.44. The van der Waals surface area contributed by atoms with E-state index in [1.54, 1.807) is 11.8 Å². The van der Waals surface area contributed by atoms with Gasteiger partial charge in [-0.25, -0.2) is 0 Å². The van der Waals surface area contributed by atoms with E-state index in [0.29, 0.717) is 0 Å². The van der Waals surface area contributed by atoms with Crippen LogP contribution in [0.5, 0.6) is 0 Å². The first kappa shape index (κ1) is 10.1. The number of rotatable bonds is 2. The summed E-state index contributed by atoms with van der Waals surface area (Å²) in [5.74, 6) is 0. The number of halogens is 1. The summed E-state index contributed by atoms with van der Waals surface area (Å²) in [5.41, 5.74) is 0. The van der Waals surface area contributed by atoms with Gasteiger partial charge in [0.2, 0.25) is 0 Å². The summed E-state index contributed by atoms with van der Waals surface area (Å²) in [6.45, 7) is 0. The molecule has 0 aromatic heterocycles. The molecule has 2 aromatic rings. The Labute approximate surface area is 102 Å². The molecule has 0 heterocycles. The first-order valence-corrected chi connectivity index (χ1v) is 6.22. The second-order valence-corrected chi connectivity index (χ2v) is 5.26. The van der Waals surface area contributed by atoms with E-state index >= 15 is 0 Å². The minimum Gasteiger partial charge on any atom is -0.0901 e. The van der Waals surface area contributed by atoms with Gasteiger partial charge in [-0.1, -0.05) is 30.0 Å². The summed E-state index contributed by atoms with van der Waals surface area (Å²) in [5, 5.41) is 0. The van der Waals surface area contributed by atoms with Gasteiger partial charge in [0, 0.05) is 13.4 Å². The van der Waals surface area contributed by atoms with Crippen LogP contribution in [0, 0.1) is 3.57 Å². The van der Waals surface area contributed by atoms with Crippen LogP contribution in [0.4, 0.5) is 0 Å². The first-order chi connectivity index (χ1) is 6.84. The molecule has 0 spiro atoms. The van der Waals surface area contributed by atoms with E-state index < -0.39 is 0 Å². The molecular formula is C12H9IS. The third-order valence-corrected chi connectivity index (χ3v) is 3.53. The molecule has 0 radical (unpaired) electrons. The van der Waals surface area contributed by atoms with Gasteiger partial charge in [0.1, 0.15) is 0 Å². The zero-order valence-electron chi connectivity index (χ0n) is 7.48. The van der Waals surface area contributed by atoms with Crippen LogP contribution in [0.15, 0.2) is 64.4 Å². The normalized spacial score (nSPS) is 10.1. The van der Waals surface area contributed by atoms with Gasteiger partial charge in [-0.05, 0) is 59.0 Å². The molecule has 2 rings (SSSR count). The number of benzene rings is 2. The van der Waals surface area contributed by atoms with Crippen molar-refractivity contribution in [2.24, 2.45) is 0 Å². The van der Waals surface area contributed by atoms with E-state index in [-0.39, 0.29) is 0 Å². The highest BCUT2D eigenvalue weighted by atomic mass is 127. The average Bonchev–Trinajstić information content (AvgIpc) is 2.23. The van der Waals surface area contributed by atoms with Gasteiger partial charge in [0.25, 0.3) is 0 Å². The van der Waals surface area contributed by atoms with Crippen molar-refractivity contribution >= 4 is 34.4 Å². The Bertz CT molecular complexity index is 394. The molecule has 0 unspecified atom stereocenters. The Morgan fingerprint density at radius 3 is 1.93 bits per heavy atom. The Morgan fingerprint density at radius 1 is 0.714 bits per heavy atom. The van der Waals surface area contributed by atoms with Crippen LogP contribution in [-0.4, -0.2) is 0 Å². The van der Waals surface area contributed by atoms with E-state index in [1.165, 1.54) is 13.4 Å². The van der Waals surface area contributed by atoms with Crippen molar-refractivity contribution in [2.45, 2.75) is 9.79 Å². The lowest BCUT2D eigenvalue weighted by molar-refractivity contribution is 1.40. The summed E-state index contributed by atoms with van der Waals surface area (Å²) < 4.78 is 1.28. The molecule has 0 fully saturated rings. The van der Waals surface area contributed by atoms with E-state index in [0.717, 1.165) is 0 Å². The standard InChI is InChI=1S/C12H9IS/c13-10-6-8-12(9-7-10)14-11-4-2-1-3-5-11/h1-9H. The Kier molecular flexibility index (Phi) is 3.48. The van der Waals surface area contributed by atoms with Gasteiger partial charge in [0.05, 0.1) is 0 Å². The first-order valence-electron chi connectivity index (χ1n) is 4.33. The summed E-state index contributed by atoms with van der Waals surface area (Å²) >= 11 is 4.11. The van der Waals surface area contributed by atoms with Crippen molar-refractivity contribution < 1.29 is 0 Å². The molecule has 0 bridgehead atoms. The molecule has 0 atom stereocenters. The lowest BCUT2D eigenvalue weighted by Gasteiger charge is -2.00. The van der Waals surface area contributed by atoms with Gasteiger partial charge >= 0.3 is 0 Å². The monoisotopic (exact) mass is 312 g/mol. The average molecular weight is 312 g/mol. The zero-order chi connectivity index (χ0) is 9.80. The van der Waals surface area contributed by atoms with Gasteiger partial charge in [0.15, 0.2) is 0 Å². The number of hydrogen-bond donors (Lipinski definition) is 0. The molecule has 0 nitrogen and oxygen atoms in total. The van der Waals surface area contributed by atoms with Crippen molar-refractivity contribution in [1.29, 1.82) is 0 Å². The van der Waals surface area contributed by atoms with Crippen LogP contribution in [0.2, 0.25) is 0 Å². The summed E-state index contributed by atoms with van der Waals surface area (Å²) in [6, 6.07) is 19.0. The second-order valence-electron chi connectivity index (χ2n) is 2.87. The Morgan fingerprint density at radius 2 is 1.29 bits per heavy atom. The van der Waals surface area contributed by atoms with Gasteiger partial charge in [-0.15, -0.1) is 0 Å². The highest BCUT2D eigenvalue weighted by Gasteiger charge is 1.95. The topological polar surface area (TPSA) is 0 Å². The van der Waals surface area contributed by atoms with Crippen LogP contribution >= 0.6 is 34.4 Å². The van der Waals surface area contributed by atoms with E-state index in [9.17, 15) is 0 Å². The highest BCUT2D eigenvalue weighted by molar-refractivity contribution is 14.1. The van der Waals surface area contributed by atoms with Gasteiger partial charge in [-0.2, -0.15) is 0 Å². The maximum absolute atomic E-state index is 2.32. The predicted molar refractivity (Wildman–Crippen MR) is 69.7 cm³/mol. The Hall–Kier alpha value is -0.480. The third kappa shape index (κ3) is 2.75. The smallest absolute Gasteiger partial charge is 0.0131 e.